The predicted molar refractivity (Wildman–Crippen MR) is 85.7 cm³/mol. The molecule has 0 aliphatic carbocycles. The Morgan fingerprint density at radius 2 is 2.14 bits per heavy atom. The molecule has 0 bridgehead atoms. The van der Waals surface area contributed by atoms with Gasteiger partial charge in [-0.1, -0.05) is 17.7 Å². The minimum Gasteiger partial charge on any atom is -0.380 e. The molecule has 3 rings (SSSR count). The van der Waals surface area contributed by atoms with Gasteiger partial charge in [-0.2, -0.15) is 0 Å². The van der Waals surface area contributed by atoms with E-state index in [4.69, 9.17) is 11.6 Å². The van der Waals surface area contributed by atoms with Gasteiger partial charge in [-0.3, -0.25) is 9.78 Å². The summed E-state index contributed by atoms with van der Waals surface area (Å²) in [6.45, 7) is 3.24. The van der Waals surface area contributed by atoms with Crippen molar-refractivity contribution in [2.24, 2.45) is 0 Å². The third-order valence-electron chi connectivity index (χ3n) is 3.97. The largest absolute Gasteiger partial charge is 0.380 e. The summed E-state index contributed by atoms with van der Waals surface area (Å²) >= 11 is 6.19. The summed E-state index contributed by atoms with van der Waals surface area (Å²) in [7, 11) is 0. The van der Waals surface area contributed by atoms with Crippen LogP contribution in [0.4, 0.5) is 5.69 Å². The van der Waals surface area contributed by atoms with E-state index in [-0.39, 0.29) is 5.91 Å². The van der Waals surface area contributed by atoms with Crippen molar-refractivity contribution in [1.82, 2.24) is 9.88 Å². The van der Waals surface area contributed by atoms with Gasteiger partial charge >= 0.3 is 0 Å². The highest BCUT2D eigenvalue weighted by Crippen LogP contribution is 2.28. The van der Waals surface area contributed by atoms with Crippen molar-refractivity contribution in [2.45, 2.75) is 25.8 Å². The monoisotopic (exact) mass is 303 g/mol. The Hall–Kier alpha value is -1.81. The smallest absolute Gasteiger partial charge is 0.219 e. The number of hydrogen-bond donors (Lipinski definition) is 1. The van der Waals surface area contributed by atoms with Gasteiger partial charge in [0.1, 0.15) is 0 Å². The summed E-state index contributed by atoms with van der Waals surface area (Å²) in [4.78, 5) is 17.7. The fourth-order valence-electron chi connectivity index (χ4n) is 2.82. The van der Waals surface area contributed by atoms with Crippen molar-refractivity contribution in [3.05, 3.63) is 35.5 Å². The molecule has 1 aliphatic heterocycles. The number of piperidine rings is 1. The van der Waals surface area contributed by atoms with Crippen LogP contribution in [-0.4, -0.2) is 34.9 Å². The first kappa shape index (κ1) is 14.1. The van der Waals surface area contributed by atoms with Crippen LogP contribution in [0.25, 0.3) is 10.9 Å². The number of carbonyl (C=O) groups is 1. The zero-order valence-corrected chi connectivity index (χ0v) is 12.7. The van der Waals surface area contributed by atoms with E-state index >= 15 is 0 Å². The number of amides is 1. The van der Waals surface area contributed by atoms with Crippen molar-refractivity contribution >= 4 is 34.1 Å². The Morgan fingerprint density at radius 3 is 2.86 bits per heavy atom. The van der Waals surface area contributed by atoms with Crippen LogP contribution in [0.3, 0.4) is 0 Å². The Balaban J connectivity index is 1.78. The van der Waals surface area contributed by atoms with Crippen LogP contribution in [0.1, 0.15) is 19.8 Å². The Morgan fingerprint density at radius 1 is 1.38 bits per heavy atom. The Labute approximate surface area is 129 Å². The maximum absolute atomic E-state index is 11.4. The van der Waals surface area contributed by atoms with Crippen LogP contribution < -0.4 is 5.32 Å². The van der Waals surface area contributed by atoms with Crippen LogP contribution in [0.15, 0.2) is 30.5 Å². The molecule has 5 heteroatoms. The van der Waals surface area contributed by atoms with Crippen molar-refractivity contribution in [1.29, 1.82) is 0 Å². The highest BCUT2D eigenvalue weighted by molar-refractivity contribution is 6.31. The minimum atomic E-state index is 0.156. The maximum atomic E-state index is 11.4. The molecule has 110 valence electrons. The highest BCUT2D eigenvalue weighted by Gasteiger charge is 2.21. The van der Waals surface area contributed by atoms with Gasteiger partial charge in [-0.25, -0.2) is 0 Å². The van der Waals surface area contributed by atoms with Crippen molar-refractivity contribution in [3.8, 4) is 0 Å². The minimum absolute atomic E-state index is 0.156. The molecule has 1 aliphatic rings. The number of aromatic nitrogens is 1. The molecule has 0 radical (unpaired) electrons. The van der Waals surface area contributed by atoms with Gasteiger partial charge in [-0.05, 0) is 31.0 Å². The summed E-state index contributed by atoms with van der Waals surface area (Å²) in [5.74, 6) is 0.156. The van der Waals surface area contributed by atoms with Crippen LogP contribution in [-0.2, 0) is 4.79 Å². The molecule has 0 saturated carbocycles. The van der Waals surface area contributed by atoms with Gasteiger partial charge in [0.2, 0.25) is 5.91 Å². The molecule has 1 aromatic heterocycles. The molecule has 2 heterocycles. The summed E-state index contributed by atoms with van der Waals surface area (Å²) in [5, 5.41) is 5.28. The zero-order valence-electron chi connectivity index (χ0n) is 12.0. The molecule has 21 heavy (non-hydrogen) atoms. The van der Waals surface area contributed by atoms with E-state index in [0.717, 1.165) is 42.5 Å². The van der Waals surface area contributed by atoms with E-state index in [9.17, 15) is 4.79 Å². The number of nitrogens with one attached hydrogen (secondary N) is 1. The van der Waals surface area contributed by atoms with Crippen molar-refractivity contribution in [2.75, 3.05) is 18.4 Å². The Bertz CT molecular complexity index is 666. The number of anilines is 1. The maximum Gasteiger partial charge on any atom is 0.219 e. The van der Waals surface area contributed by atoms with Gasteiger partial charge in [0.15, 0.2) is 0 Å². The fraction of sp³-hybridized carbons (Fsp3) is 0.375. The second-order valence-corrected chi connectivity index (χ2v) is 5.89. The lowest BCUT2D eigenvalue weighted by molar-refractivity contribution is -0.129. The number of carbonyl (C=O) groups excluding carboxylic acids is 1. The topological polar surface area (TPSA) is 45.2 Å². The van der Waals surface area contributed by atoms with Gasteiger partial charge in [-0.15, -0.1) is 0 Å². The standard InChI is InChI=1S/C16H18ClN3O/c1-11(21)20-7-4-14(5-8-20)19-15-10-13(17)9-12-3-2-6-18-16(12)15/h2-3,6,9-10,14,19H,4-5,7-8H2,1H3. The lowest BCUT2D eigenvalue weighted by atomic mass is 10.0. The molecule has 2 aromatic rings. The van der Waals surface area contributed by atoms with E-state index in [1.54, 1.807) is 13.1 Å². The molecule has 1 N–H and O–H groups in total. The van der Waals surface area contributed by atoms with Gasteiger partial charge in [0, 0.05) is 42.7 Å². The number of hydrogen-bond acceptors (Lipinski definition) is 3. The fourth-order valence-corrected chi connectivity index (χ4v) is 3.05. The Kier molecular flexibility index (Phi) is 3.97. The number of rotatable bonds is 2. The molecule has 1 amide bonds. The number of pyridine rings is 1. The third-order valence-corrected chi connectivity index (χ3v) is 4.19. The van der Waals surface area contributed by atoms with Gasteiger partial charge < -0.3 is 10.2 Å². The normalized spacial score (nSPS) is 16.2. The van der Waals surface area contributed by atoms with Crippen LogP contribution in [0, 0.1) is 0 Å². The lowest BCUT2D eigenvalue weighted by Gasteiger charge is -2.32. The highest BCUT2D eigenvalue weighted by atomic mass is 35.5. The van der Waals surface area contributed by atoms with Crippen molar-refractivity contribution < 1.29 is 4.79 Å². The molecule has 0 spiro atoms. The first-order chi connectivity index (χ1) is 10.1. The molecule has 0 atom stereocenters. The third kappa shape index (κ3) is 3.10. The van der Waals surface area contributed by atoms with E-state index in [1.165, 1.54) is 0 Å². The first-order valence-corrected chi connectivity index (χ1v) is 7.57. The molecule has 0 unspecified atom stereocenters. The molecule has 1 saturated heterocycles. The molecular formula is C16H18ClN3O. The van der Waals surface area contributed by atoms with Gasteiger partial charge in [0.05, 0.1) is 11.2 Å². The number of fused-ring (bicyclic) bond motifs is 1. The number of halogens is 1. The van der Waals surface area contributed by atoms with E-state index < -0.39 is 0 Å². The lowest BCUT2D eigenvalue weighted by Crippen LogP contribution is -2.41. The average molecular weight is 304 g/mol. The van der Waals surface area contributed by atoms with E-state index in [0.29, 0.717) is 11.1 Å². The van der Waals surface area contributed by atoms with Crippen LogP contribution in [0.5, 0.6) is 0 Å². The summed E-state index contributed by atoms with van der Waals surface area (Å²) in [6, 6.07) is 8.12. The number of benzene rings is 1. The van der Waals surface area contributed by atoms with Crippen molar-refractivity contribution in [3.63, 3.8) is 0 Å². The predicted octanol–water partition coefficient (Wildman–Crippen LogP) is 3.31. The molecular weight excluding hydrogens is 286 g/mol. The summed E-state index contributed by atoms with van der Waals surface area (Å²) in [5.41, 5.74) is 1.91. The first-order valence-electron chi connectivity index (χ1n) is 7.20. The van der Waals surface area contributed by atoms with Crippen LogP contribution >= 0.6 is 11.6 Å². The molecule has 4 nitrogen and oxygen atoms in total. The molecule has 1 fully saturated rings. The average Bonchev–Trinajstić information content (AvgIpc) is 2.47. The SMILES string of the molecule is CC(=O)N1CCC(Nc2cc(Cl)cc3cccnc23)CC1. The quantitative estimate of drug-likeness (QED) is 0.926. The number of nitrogens with zero attached hydrogens (tertiary/aromatic N) is 2. The second kappa shape index (κ2) is 5.90. The summed E-state index contributed by atoms with van der Waals surface area (Å²) in [6.07, 6.45) is 3.68. The zero-order chi connectivity index (χ0) is 14.8. The van der Waals surface area contributed by atoms with E-state index in [1.807, 2.05) is 29.2 Å². The second-order valence-electron chi connectivity index (χ2n) is 5.45. The number of likely N-dealkylation sites (tertiary alicyclic amines) is 1. The molecule has 1 aromatic carbocycles. The van der Waals surface area contributed by atoms with E-state index in [2.05, 4.69) is 10.3 Å². The van der Waals surface area contributed by atoms with Crippen LogP contribution in [0.2, 0.25) is 5.02 Å². The van der Waals surface area contributed by atoms with Gasteiger partial charge in [0.25, 0.3) is 0 Å². The summed E-state index contributed by atoms with van der Waals surface area (Å²) < 4.78 is 0.